The second kappa shape index (κ2) is 6.21. The van der Waals surface area contributed by atoms with E-state index in [1.165, 1.54) is 42.7 Å². The van der Waals surface area contributed by atoms with Crippen LogP contribution in [0.5, 0.6) is 0 Å². The Balaban J connectivity index is 1.88. The average molecular weight is 369 g/mol. The van der Waals surface area contributed by atoms with E-state index in [1.807, 2.05) is 30.3 Å². The van der Waals surface area contributed by atoms with Crippen LogP contribution in [0.4, 0.5) is 13.2 Å². The molecule has 2 aromatic carbocycles. The van der Waals surface area contributed by atoms with E-state index < -0.39 is 17.5 Å². The Morgan fingerprint density at radius 2 is 1.63 bits per heavy atom. The molecule has 0 bridgehead atoms. The maximum absolute atomic E-state index is 13.8. The molecule has 4 rings (SSSR count). The molecule has 136 valence electrons. The van der Waals surface area contributed by atoms with E-state index in [1.54, 1.807) is 4.68 Å². The number of hydrogen-bond acceptors (Lipinski definition) is 3. The second-order valence-electron chi connectivity index (χ2n) is 6.09. The van der Waals surface area contributed by atoms with Crippen molar-refractivity contribution in [1.29, 1.82) is 0 Å². The van der Waals surface area contributed by atoms with Crippen molar-refractivity contribution >= 4 is 10.9 Å². The largest absolute Gasteiger partial charge is 0.427 e. The van der Waals surface area contributed by atoms with Gasteiger partial charge in [-0.3, -0.25) is 4.98 Å². The topological polar surface area (TPSA) is 50.9 Å². The Labute approximate surface area is 152 Å². The van der Waals surface area contributed by atoms with Gasteiger partial charge in [0, 0.05) is 11.6 Å². The Bertz CT molecular complexity index is 1080. The molecule has 0 aliphatic heterocycles. The molecule has 0 amide bonds. The molecule has 0 fully saturated rings. The molecule has 0 spiro atoms. The summed E-state index contributed by atoms with van der Waals surface area (Å²) in [4.78, 5) is 3.74. The highest BCUT2D eigenvalue weighted by atomic mass is 19.4. The summed E-state index contributed by atoms with van der Waals surface area (Å²) in [5, 5.41) is 15.4. The number of pyridine rings is 1. The molecule has 2 heterocycles. The number of halogens is 3. The van der Waals surface area contributed by atoms with Crippen LogP contribution in [0.15, 0.2) is 79.1 Å². The van der Waals surface area contributed by atoms with Gasteiger partial charge >= 0.3 is 6.18 Å². The molecule has 4 aromatic rings. The Morgan fingerprint density at radius 1 is 0.889 bits per heavy atom. The van der Waals surface area contributed by atoms with E-state index in [0.29, 0.717) is 10.9 Å². The van der Waals surface area contributed by atoms with E-state index in [0.717, 1.165) is 11.8 Å². The summed E-state index contributed by atoms with van der Waals surface area (Å²) >= 11 is 0. The van der Waals surface area contributed by atoms with Crippen molar-refractivity contribution in [3.63, 3.8) is 0 Å². The third-order valence-corrected chi connectivity index (χ3v) is 4.43. The lowest BCUT2D eigenvalue weighted by Gasteiger charge is -2.30. The summed E-state index contributed by atoms with van der Waals surface area (Å²) in [5.74, 6) is 0. The lowest BCUT2D eigenvalue weighted by atomic mass is 9.88. The summed E-state index contributed by atoms with van der Waals surface area (Å²) in [6.45, 7) is 0. The Morgan fingerprint density at radius 3 is 2.30 bits per heavy atom. The van der Waals surface area contributed by atoms with Crippen molar-refractivity contribution in [3.8, 4) is 5.69 Å². The fourth-order valence-electron chi connectivity index (χ4n) is 3.07. The summed E-state index contributed by atoms with van der Waals surface area (Å²) in [5.41, 5.74) is -2.58. The van der Waals surface area contributed by atoms with Gasteiger partial charge in [0.05, 0.1) is 23.1 Å². The van der Waals surface area contributed by atoms with Gasteiger partial charge in [-0.25, -0.2) is 4.68 Å². The van der Waals surface area contributed by atoms with Crippen LogP contribution >= 0.6 is 0 Å². The van der Waals surface area contributed by atoms with Gasteiger partial charge in [-0.1, -0.05) is 30.3 Å². The highest BCUT2D eigenvalue weighted by molar-refractivity contribution is 5.81. The molecule has 1 N–H and O–H groups in total. The lowest BCUT2D eigenvalue weighted by molar-refractivity contribution is -0.249. The molecule has 1 unspecified atom stereocenters. The zero-order chi connectivity index (χ0) is 19.1. The molecule has 27 heavy (non-hydrogen) atoms. The number of para-hydroxylation sites is 1. The number of fused-ring (bicyclic) bond motifs is 1. The molecule has 1 atom stereocenters. The van der Waals surface area contributed by atoms with Crippen LogP contribution in [0.3, 0.4) is 0 Å². The van der Waals surface area contributed by atoms with E-state index in [2.05, 4.69) is 10.1 Å². The smallest absolute Gasteiger partial charge is 0.371 e. The van der Waals surface area contributed by atoms with Crippen molar-refractivity contribution in [2.75, 3.05) is 0 Å². The summed E-state index contributed by atoms with van der Waals surface area (Å²) in [7, 11) is 0. The van der Waals surface area contributed by atoms with Crippen LogP contribution in [0, 0.1) is 0 Å². The number of alkyl halides is 3. The van der Waals surface area contributed by atoms with Crippen molar-refractivity contribution in [2.45, 2.75) is 11.8 Å². The predicted octanol–water partition coefficient (Wildman–Crippen LogP) is 4.22. The monoisotopic (exact) mass is 369 g/mol. The van der Waals surface area contributed by atoms with E-state index in [4.69, 9.17) is 0 Å². The molecular formula is C20H14F3N3O. The normalized spacial score (nSPS) is 14.2. The van der Waals surface area contributed by atoms with Gasteiger partial charge in [0.1, 0.15) is 0 Å². The third kappa shape index (κ3) is 2.76. The van der Waals surface area contributed by atoms with Crippen molar-refractivity contribution < 1.29 is 18.3 Å². The lowest BCUT2D eigenvalue weighted by Crippen LogP contribution is -2.44. The highest BCUT2D eigenvalue weighted by Gasteiger charge is 2.57. The SMILES string of the molecule is OC(c1ccc2c(cnn2-c2ccccc2)c1)(c1ccccn1)C(F)(F)F. The highest BCUT2D eigenvalue weighted by Crippen LogP contribution is 2.44. The number of benzene rings is 2. The van der Waals surface area contributed by atoms with Crippen LogP contribution in [0.2, 0.25) is 0 Å². The van der Waals surface area contributed by atoms with E-state index in [9.17, 15) is 18.3 Å². The zero-order valence-corrected chi connectivity index (χ0v) is 13.9. The quantitative estimate of drug-likeness (QED) is 0.588. The fraction of sp³-hybridized carbons (Fsp3) is 0.100. The average Bonchev–Trinajstić information content (AvgIpc) is 3.11. The van der Waals surface area contributed by atoms with Crippen LogP contribution in [-0.4, -0.2) is 26.0 Å². The van der Waals surface area contributed by atoms with Gasteiger partial charge < -0.3 is 5.11 Å². The van der Waals surface area contributed by atoms with Crippen molar-refractivity contribution in [3.05, 3.63) is 90.4 Å². The van der Waals surface area contributed by atoms with Gasteiger partial charge in [-0.2, -0.15) is 18.3 Å². The van der Waals surface area contributed by atoms with Gasteiger partial charge in [-0.05, 0) is 42.0 Å². The molecule has 2 aromatic heterocycles. The maximum Gasteiger partial charge on any atom is 0.427 e. The van der Waals surface area contributed by atoms with Crippen LogP contribution in [0.25, 0.3) is 16.6 Å². The number of aromatic nitrogens is 3. The van der Waals surface area contributed by atoms with Gasteiger partial charge in [0.15, 0.2) is 0 Å². The number of nitrogens with zero attached hydrogens (tertiary/aromatic N) is 3. The van der Waals surface area contributed by atoms with Crippen LogP contribution < -0.4 is 0 Å². The predicted molar refractivity (Wildman–Crippen MR) is 94.4 cm³/mol. The minimum atomic E-state index is -4.94. The first kappa shape index (κ1) is 17.2. The van der Waals surface area contributed by atoms with E-state index >= 15 is 0 Å². The van der Waals surface area contributed by atoms with Crippen molar-refractivity contribution in [2.24, 2.45) is 0 Å². The third-order valence-electron chi connectivity index (χ3n) is 4.43. The maximum atomic E-state index is 13.8. The van der Waals surface area contributed by atoms with Crippen LogP contribution in [0.1, 0.15) is 11.3 Å². The van der Waals surface area contributed by atoms with Crippen molar-refractivity contribution in [1.82, 2.24) is 14.8 Å². The first-order valence-corrected chi connectivity index (χ1v) is 8.15. The van der Waals surface area contributed by atoms with Crippen LogP contribution in [-0.2, 0) is 5.60 Å². The minimum absolute atomic E-state index is 0.311. The standard InChI is InChI=1S/C20H14F3N3O/c21-20(22,23)19(27,18-8-4-5-11-24-18)15-9-10-17-14(12-15)13-25-26(17)16-6-2-1-3-7-16/h1-13,27H. The number of aliphatic hydroxyl groups is 1. The molecule has 7 heteroatoms. The molecule has 0 radical (unpaired) electrons. The first-order valence-electron chi connectivity index (χ1n) is 8.15. The molecular weight excluding hydrogens is 355 g/mol. The zero-order valence-electron chi connectivity index (χ0n) is 13.9. The number of hydrogen-bond donors (Lipinski definition) is 1. The Kier molecular flexibility index (Phi) is 3.96. The Hall–Kier alpha value is -3.19. The summed E-state index contributed by atoms with van der Waals surface area (Å²) < 4.78 is 43.1. The molecule has 0 aliphatic carbocycles. The molecule has 0 saturated carbocycles. The van der Waals surface area contributed by atoms with Gasteiger partial charge in [0.2, 0.25) is 5.60 Å². The first-order chi connectivity index (χ1) is 12.9. The molecule has 0 aliphatic rings. The molecule has 0 saturated heterocycles. The van der Waals surface area contributed by atoms with Gasteiger partial charge in [-0.15, -0.1) is 0 Å². The van der Waals surface area contributed by atoms with E-state index in [-0.39, 0.29) is 5.56 Å². The number of rotatable bonds is 3. The second-order valence-corrected chi connectivity index (χ2v) is 6.09. The summed E-state index contributed by atoms with van der Waals surface area (Å²) in [6.07, 6.45) is -2.25. The molecule has 4 nitrogen and oxygen atoms in total. The van der Waals surface area contributed by atoms with Gasteiger partial charge in [0.25, 0.3) is 0 Å². The minimum Gasteiger partial charge on any atom is -0.371 e. The summed E-state index contributed by atoms with van der Waals surface area (Å²) in [6, 6.07) is 17.4. The fourth-order valence-corrected chi connectivity index (χ4v) is 3.07.